The third-order valence-corrected chi connectivity index (χ3v) is 5.80. The quantitative estimate of drug-likeness (QED) is 0.210. The second kappa shape index (κ2) is 8.47. The molecule has 0 saturated carbocycles. The summed E-state index contributed by atoms with van der Waals surface area (Å²) in [5.41, 5.74) is 0. The van der Waals surface area contributed by atoms with E-state index in [1.54, 1.807) is 14.2 Å². The zero-order valence-electron chi connectivity index (χ0n) is 15.9. The summed E-state index contributed by atoms with van der Waals surface area (Å²) in [6.45, 7) is 0. The number of hydrogen-bond acceptors (Lipinski definition) is 2. The Labute approximate surface area is 174 Å². The minimum atomic E-state index is -11.1. The van der Waals surface area contributed by atoms with Gasteiger partial charge >= 0.3 is 35.0 Å². The molecule has 0 aliphatic carbocycles. The number of ether oxygens (including phenoxy) is 2. The molecule has 0 atom stereocenters. The molecule has 0 radical (unpaired) electrons. The van der Waals surface area contributed by atoms with Crippen molar-refractivity contribution < 1.29 is 30.3 Å². The van der Waals surface area contributed by atoms with E-state index in [2.05, 4.69) is 48.5 Å². The Balaban J connectivity index is 0.000000396. The average molecular weight is 512 g/mol. The van der Waals surface area contributed by atoms with Crippen molar-refractivity contribution in [1.82, 2.24) is 0 Å². The number of rotatable bonds is 5. The molecule has 0 bridgehead atoms. The summed E-state index contributed by atoms with van der Waals surface area (Å²) in [5.74, 6) is 1.75. The van der Waals surface area contributed by atoms with Crippen molar-refractivity contribution in [2.24, 2.45) is 0 Å². The summed E-state index contributed by atoms with van der Waals surface area (Å²) in [7, 11) is 3.23. The van der Waals surface area contributed by atoms with Gasteiger partial charge < -0.3 is 9.47 Å². The van der Waals surface area contributed by atoms with Crippen molar-refractivity contribution in [3.63, 3.8) is 0 Å². The van der Waals surface area contributed by atoms with Crippen molar-refractivity contribution >= 4 is 25.1 Å². The summed E-state index contributed by atoms with van der Waals surface area (Å²) in [6.07, 6.45) is 0. The van der Waals surface area contributed by atoms with Crippen LogP contribution in [0.3, 0.4) is 0 Å². The van der Waals surface area contributed by atoms with E-state index in [1.807, 2.05) is 30.3 Å². The van der Waals surface area contributed by atoms with Crippen LogP contribution in [0.5, 0.6) is 11.5 Å². The number of halogens is 6. The molecular weight excluding hydrogens is 493 g/mol. The molecule has 0 aliphatic rings. The van der Waals surface area contributed by atoms with Crippen LogP contribution in [0.25, 0.3) is 0 Å². The Morgan fingerprint density at radius 1 is 0.533 bits per heavy atom. The number of benzene rings is 3. The van der Waals surface area contributed by atoms with Crippen molar-refractivity contribution in [3.05, 3.63) is 78.9 Å². The summed E-state index contributed by atoms with van der Waals surface area (Å²) >= 11 is -11.1. The van der Waals surface area contributed by atoms with E-state index in [4.69, 9.17) is 9.47 Å². The van der Waals surface area contributed by atoms with Crippen molar-refractivity contribution in [3.8, 4) is 11.5 Å². The van der Waals surface area contributed by atoms with Gasteiger partial charge in [0.25, 0.3) is 0 Å². The van der Waals surface area contributed by atoms with E-state index in [-0.39, 0.29) is 10.9 Å². The van der Waals surface area contributed by atoms with Gasteiger partial charge in [-0.2, -0.15) is 0 Å². The van der Waals surface area contributed by atoms with Crippen LogP contribution in [-0.2, 0) is 10.9 Å². The molecule has 3 aromatic rings. The Bertz CT molecular complexity index is 888. The van der Waals surface area contributed by atoms with E-state index < -0.39 is 14.2 Å². The topological polar surface area (TPSA) is 18.5 Å². The molecule has 0 unspecified atom stereocenters. The molecule has 2 nitrogen and oxygen atoms in total. The maximum atomic E-state index is 9.91. The summed E-state index contributed by atoms with van der Waals surface area (Å²) < 4.78 is 70.0. The van der Waals surface area contributed by atoms with E-state index >= 15 is 0 Å². The van der Waals surface area contributed by atoms with Gasteiger partial charge in [0, 0.05) is 0 Å². The van der Waals surface area contributed by atoms with Crippen molar-refractivity contribution in [2.75, 3.05) is 14.2 Å². The first-order valence-corrected chi connectivity index (χ1v) is 13.9. The second-order valence-corrected chi connectivity index (χ2v) is 12.0. The SMILES string of the molecule is COc1ccc([S+](c2ccccc2)c2ccc(OC)cc2)cc1.F[As-](F)(F)(F)(F)F. The molecule has 0 fully saturated rings. The molecule has 0 aromatic heterocycles. The fourth-order valence-corrected chi connectivity index (χ4v) is 4.45. The predicted octanol–water partition coefficient (Wildman–Crippen LogP) is 6.94. The van der Waals surface area contributed by atoms with Crippen LogP contribution in [0.1, 0.15) is 0 Å². The Morgan fingerprint density at radius 3 is 1.13 bits per heavy atom. The van der Waals surface area contributed by atoms with E-state index in [1.165, 1.54) is 14.7 Å². The van der Waals surface area contributed by atoms with E-state index in [9.17, 15) is 20.8 Å². The summed E-state index contributed by atoms with van der Waals surface area (Å²) in [4.78, 5) is 3.83. The molecule has 3 rings (SSSR count). The fourth-order valence-electron chi connectivity index (χ4n) is 2.39. The first-order valence-electron chi connectivity index (χ1n) is 8.40. The minimum absolute atomic E-state index is 0.146. The second-order valence-electron chi connectivity index (χ2n) is 5.93. The number of hydrogen-bond donors (Lipinski definition) is 0. The van der Waals surface area contributed by atoms with Crippen LogP contribution in [-0.4, -0.2) is 28.4 Å². The summed E-state index contributed by atoms with van der Waals surface area (Å²) in [6, 6.07) is 27.2. The third kappa shape index (κ3) is 9.05. The molecule has 0 heterocycles. The first-order chi connectivity index (χ1) is 13.8. The van der Waals surface area contributed by atoms with Gasteiger partial charge in [0.05, 0.1) is 25.1 Å². The van der Waals surface area contributed by atoms with Crippen molar-refractivity contribution in [2.45, 2.75) is 14.7 Å². The zero-order valence-corrected chi connectivity index (χ0v) is 18.6. The molecule has 0 amide bonds. The molecular formula is C20H19AsF6O2S. The Kier molecular flexibility index (Phi) is 6.78. The standard InChI is InChI=1S/C20H19O2S.AsF6/c1-21-16-8-12-19(13-9-16)23(18-6-4-3-5-7-18)20-14-10-17(22-2)11-15-20;2-1(3,4,5,6)7/h3-15H,1-2H3;/q+1;-1. The van der Waals surface area contributed by atoms with Gasteiger partial charge in [0.1, 0.15) is 11.5 Å². The monoisotopic (exact) mass is 512 g/mol. The molecule has 10 heteroatoms. The van der Waals surface area contributed by atoms with Gasteiger partial charge in [0.15, 0.2) is 14.7 Å². The molecule has 3 aromatic carbocycles. The van der Waals surface area contributed by atoms with Gasteiger partial charge in [-0.1, -0.05) is 18.2 Å². The molecule has 0 saturated heterocycles. The average Bonchev–Trinajstić information content (AvgIpc) is 2.68. The molecule has 0 spiro atoms. The van der Waals surface area contributed by atoms with Gasteiger partial charge in [0.2, 0.25) is 0 Å². The van der Waals surface area contributed by atoms with Crippen LogP contribution in [0, 0.1) is 0 Å². The van der Waals surface area contributed by atoms with Crippen LogP contribution >= 0.6 is 0 Å². The van der Waals surface area contributed by atoms with Crippen LogP contribution < -0.4 is 9.47 Å². The fraction of sp³-hybridized carbons (Fsp3) is 0.100. The van der Waals surface area contributed by atoms with Gasteiger partial charge in [-0.25, -0.2) is 0 Å². The molecule has 0 aliphatic heterocycles. The molecule has 30 heavy (non-hydrogen) atoms. The van der Waals surface area contributed by atoms with E-state index in [0.29, 0.717) is 0 Å². The number of methoxy groups -OCH3 is 2. The summed E-state index contributed by atoms with van der Waals surface area (Å²) in [5, 5.41) is 0. The van der Waals surface area contributed by atoms with Crippen molar-refractivity contribution in [1.29, 1.82) is 0 Å². The van der Waals surface area contributed by atoms with Gasteiger partial charge in [-0.05, 0) is 60.7 Å². The third-order valence-electron chi connectivity index (χ3n) is 3.57. The molecule has 164 valence electrons. The predicted molar refractivity (Wildman–Crippen MR) is 107 cm³/mol. The van der Waals surface area contributed by atoms with Crippen LogP contribution in [0.15, 0.2) is 93.5 Å². The first kappa shape index (κ1) is 24.0. The zero-order chi connectivity index (χ0) is 22.5. The van der Waals surface area contributed by atoms with E-state index in [0.717, 1.165) is 11.5 Å². The van der Waals surface area contributed by atoms with Gasteiger partial charge in [-0.15, -0.1) is 0 Å². The maximum absolute atomic E-state index is 11.1. The van der Waals surface area contributed by atoms with Crippen LogP contribution in [0.4, 0.5) is 20.8 Å². The normalized spacial score (nSPS) is 13.5. The Hall–Kier alpha value is -2.25. The van der Waals surface area contributed by atoms with Crippen LogP contribution in [0.2, 0.25) is 0 Å². The Morgan fingerprint density at radius 2 is 0.833 bits per heavy atom. The van der Waals surface area contributed by atoms with Gasteiger partial charge in [-0.3, -0.25) is 0 Å². The molecule has 0 N–H and O–H groups in total.